The molecule has 0 fully saturated rings. The zero-order valence-corrected chi connectivity index (χ0v) is 6.79. The van der Waals surface area contributed by atoms with Crippen molar-refractivity contribution in [1.29, 1.82) is 0 Å². The van der Waals surface area contributed by atoms with Gasteiger partial charge in [-0.25, -0.2) is 4.99 Å². The largest absolute Gasteiger partial charge is 0.258 e. The van der Waals surface area contributed by atoms with Gasteiger partial charge in [-0.15, -0.1) is 11.8 Å². The number of hydrogen-bond donors (Lipinski definition) is 0. The Balaban J connectivity index is 2.32. The highest BCUT2D eigenvalue weighted by Gasteiger charge is 2.27. The summed E-state index contributed by atoms with van der Waals surface area (Å²) in [5.41, 5.74) is 1.03. The molecule has 0 spiro atoms. The molecule has 2 heterocycles. The van der Waals surface area contributed by atoms with E-state index < -0.39 is 0 Å². The molecule has 56 valence electrons. The van der Waals surface area contributed by atoms with Gasteiger partial charge < -0.3 is 0 Å². The predicted molar refractivity (Wildman–Crippen MR) is 50.1 cm³/mol. The van der Waals surface area contributed by atoms with E-state index in [-0.39, 0.29) is 0 Å². The van der Waals surface area contributed by atoms with E-state index in [1.54, 1.807) is 24.2 Å². The lowest BCUT2D eigenvalue weighted by Gasteiger charge is -2.16. The number of rotatable bonds is 1. The molecule has 11 heavy (non-hydrogen) atoms. The molecular formula is C8H8N2S. The minimum atomic E-state index is 0.320. The van der Waals surface area contributed by atoms with Gasteiger partial charge >= 0.3 is 0 Å². The van der Waals surface area contributed by atoms with Crippen molar-refractivity contribution >= 4 is 23.8 Å². The Kier molecular flexibility index (Phi) is 1.66. The molecule has 0 N–H and O–H groups in total. The molecular weight excluding hydrogens is 156 g/mol. The molecule has 0 saturated heterocycles. The monoisotopic (exact) mass is 164 g/mol. The average Bonchev–Trinajstić information content (AvgIpc) is 2.50. The summed E-state index contributed by atoms with van der Waals surface area (Å²) >= 11 is 1.74. The van der Waals surface area contributed by atoms with E-state index in [1.165, 1.54) is 0 Å². The molecule has 2 rings (SSSR count). The molecule has 2 atom stereocenters. The summed E-state index contributed by atoms with van der Waals surface area (Å²) in [7, 11) is 0. The van der Waals surface area contributed by atoms with Crippen molar-refractivity contribution in [2.24, 2.45) is 15.9 Å². The van der Waals surface area contributed by atoms with Crippen LogP contribution in [0.4, 0.5) is 0 Å². The van der Waals surface area contributed by atoms with Gasteiger partial charge in [0.05, 0.1) is 11.6 Å². The van der Waals surface area contributed by atoms with E-state index in [4.69, 9.17) is 0 Å². The fourth-order valence-electron chi connectivity index (χ4n) is 1.20. The summed E-state index contributed by atoms with van der Waals surface area (Å²) in [4.78, 5) is 8.36. The fraction of sp³-hybridized carbons (Fsp3) is 0.250. The number of hydrogen-bond acceptors (Lipinski definition) is 3. The summed E-state index contributed by atoms with van der Waals surface area (Å²) in [5, 5.41) is 2.40. The minimum absolute atomic E-state index is 0.320. The van der Waals surface area contributed by atoms with Crippen LogP contribution in [0.3, 0.4) is 0 Å². The number of fused-ring (bicyclic) bond motifs is 1. The molecule has 0 aromatic rings. The molecule has 2 aliphatic heterocycles. The lowest BCUT2D eigenvalue weighted by molar-refractivity contribution is 0.815. The number of aliphatic imine (C=N–C) groups is 2. The third kappa shape index (κ3) is 1.05. The molecule has 0 aromatic heterocycles. The second-order valence-electron chi connectivity index (χ2n) is 2.40. The Labute approximate surface area is 69.8 Å². The summed E-state index contributed by atoms with van der Waals surface area (Å²) < 4.78 is 0. The van der Waals surface area contributed by atoms with Crippen LogP contribution in [-0.2, 0) is 0 Å². The minimum Gasteiger partial charge on any atom is -0.258 e. The van der Waals surface area contributed by atoms with Crippen LogP contribution < -0.4 is 0 Å². The molecule has 2 aliphatic rings. The average molecular weight is 164 g/mol. The van der Waals surface area contributed by atoms with Crippen LogP contribution >= 0.6 is 11.8 Å². The second-order valence-corrected chi connectivity index (χ2v) is 3.43. The Morgan fingerprint density at radius 3 is 3.36 bits per heavy atom. The van der Waals surface area contributed by atoms with Crippen LogP contribution in [0.2, 0.25) is 0 Å². The van der Waals surface area contributed by atoms with Crippen LogP contribution in [0, 0.1) is 5.92 Å². The first-order valence-corrected chi connectivity index (χ1v) is 4.40. The van der Waals surface area contributed by atoms with Crippen LogP contribution in [0.1, 0.15) is 0 Å². The van der Waals surface area contributed by atoms with Gasteiger partial charge in [-0.1, -0.05) is 12.7 Å². The highest BCUT2D eigenvalue weighted by molar-refractivity contribution is 8.03. The van der Waals surface area contributed by atoms with E-state index in [1.807, 2.05) is 0 Å². The number of allylic oxidation sites excluding steroid dienone is 1. The van der Waals surface area contributed by atoms with Gasteiger partial charge in [0.15, 0.2) is 0 Å². The maximum Gasteiger partial charge on any atom is 0.113 e. The van der Waals surface area contributed by atoms with Crippen LogP contribution in [0.5, 0.6) is 0 Å². The quantitative estimate of drug-likeness (QED) is 0.580. The number of thioether (sulfide) groups is 1. The normalized spacial score (nSPS) is 33.3. The van der Waals surface area contributed by atoms with Crippen molar-refractivity contribution in [2.45, 2.75) is 5.37 Å². The van der Waals surface area contributed by atoms with Gasteiger partial charge in [0.2, 0.25) is 0 Å². The van der Waals surface area contributed by atoms with Crippen molar-refractivity contribution in [3.05, 3.63) is 24.1 Å². The lowest BCUT2D eigenvalue weighted by Crippen LogP contribution is -2.21. The van der Waals surface area contributed by atoms with Gasteiger partial charge in [0.25, 0.3) is 0 Å². The van der Waals surface area contributed by atoms with E-state index in [2.05, 4.69) is 28.0 Å². The maximum atomic E-state index is 4.23. The predicted octanol–water partition coefficient (Wildman–Crippen LogP) is 1.86. The van der Waals surface area contributed by atoms with Crippen molar-refractivity contribution in [3.63, 3.8) is 0 Å². The Bertz CT molecular complexity index is 265. The third-order valence-corrected chi connectivity index (χ3v) is 2.79. The molecule has 0 aromatic carbocycles. The molecule has 2 unspecified atom stereocenters. The van der Waals surface area contributed by atoms with E-state index in [9.17, 15) is 0 Å². The van der Waals surface area contributed by atoms with Crippen molar-refractivity contribution in [1.82, 2.24) is 0 Å². The fourth-order valence-corrected chi connectivity index (χ4v) is 2.15. The summed E-state index contributed by atoms with van der Waals surface area (Å²) in [6.07, 6.45) is 5.56. The first-order chi connectivity index (χ1) is 5.42. The number of nitrogens with zero attached hydrogens (tertiary/aromatic N) is 2. The Morgan fingerprint density at radius 1 is 1.64 bits per heavy atom. The highest BCUT2D eigenvalue weighted by atomic mass is 32.2. The van der Waals surface area contributed by atoms with Gasteiger partial charge in [0, 0.05) is 0 Å². The van der Waals surface area contributed by atoms with Gasteiger partial charge in [-0.3, -0.25) is 4.99 Å². The van der Waals surface area contributed by atoms with Gasteiger partial charge in [-0.2, -0.15) is 0 Å². The second kappa shape index (κ2) is 2.66. The first kappa shape index (κ1) is 6.85. The van der Waals surface area contributed by atoms with E-state index in [0.29, 0.717) is 11.3 Å². The molecule has 0 bridgehead atoms. The molecule has 2 nitrogen and oxygen atoms in total. The van der Waals surface area contributed by atoms with Gasteiger partial charge in [0.1, 0.15) is 11.7 Å². The van der Waals surface area contributed by atoms with Crippen LogP contribution in [0.15, 0.2) is 34.1 Å². The third-order valence-electron chi connectivity index (χ3n) is 1.78. The molecule has 0 aliphatic carbocycles. The molecule has 0 saturated carbocycles. The highest BCUT2D eigenvalue weighted by Crippen LogP contribution is 2.33. The zero-order chi connectivity index (χ0) is 7.68. The molecule has 0 radical (unpaired) electrons. The summed E-state index contributed by atoms with van der Waals surface area (Å²) in [6, 6.07) is 0. The summed E-state index contributed by atoms with van der Waals surface area (Å²) in [6.45, 7) is 3.71. The summed E-state index contributed by atoms with van der Waals surface area (Å²) in [5.74, 6) is 0.363. The van der Waals surface area contributed by atoms with Crippen LogP contribution in [-0.4, -0.2) is 17.4 Å². The van der Waals surface area contributed by atoms with Crippen molar-refractivity contribution in [3.8, 4) is 0 Å². The standard InChI is InChI=1S/C8H8N2S/c1-2-7-6-3-4-11-8(6)10-5-9-7/h2-6,8H,1H2. The van der Waals surface area contributed by atoms with E-state index >= 15 is 0 Å². The maximum absolute atomic E-state index is 4.23. The van der Waals surface area contributed by atoms with Crippen molar-refractivity contribution in [2.75, 3.05) is 0 Å². The SMILES string of the molecule is C=CC1=NC=NC2SC=CC12. The first-order valence-electron chi connectivity index (χ1n) is 3.46. The molecule has 3 heteroatoms. The van der Waals surface area contributed by atoms with Gasteiger partial charge in [-0.05, 0) is 11.5 Å². The topological polar surface area (TPSA) is 24.7 Å². The Hall–Kier alpha value is -0.830. The van der Waals surface area contributed by atoms with Crippen molar-refractivity contribution < 1.29 is 0 Å². The smallest absolute Gasteiger partial charge is 0.113 e. The van der Waals surface area contributed by atoms with Crippen LogP contribution in [0.25, 0.3) is 0 Å². The lowest BCUT2D eigenvalue weighted by atomic mass is 10.0. The molecule has 0 amide bonds. The Morgan fingerprint density at radius 2 is 2.55 bits per heavy atom. The van der Waals surface area contributed by atoms with E-state index in [0.717, 1.165) is 5.71 Å². The zero-order valence-electron chi connectivity index (χ0n) is 5.97.